The molecule has 2 aromatic rings. The average molecular weight is 330 g/mol. The summed E-state index contributed by atoms with van der Waals surface area (Å²) in [4.78, 5) is 14.8. The third kappa shape index (κ3) is 4.76. The Hall–Kier alpha value is -2.03. The second kappa shape index (κ2) is 6.82. The lowest BCUT2D eigenvalue weighted by Gasteiger charge is -2.03. The van der Waals surface area contributed by atoms with E-state index in [9.17, 15) is 18.0 Å². The SMILES string of the molecule is Cc1cccc(CSCC(=O)Nc2n[nH]c(C(F)(F)F)n2)c1. The van der Waals surface area contributed by atoms with Gasteiger partial charge >= 0.3 is 6.18 Å². The highest BCUT2D eigenvalue weighted by Crippen LogP contribution is 2.26. The number of thioether (sulfide) groups is 1. The number of halogens is 3. The molecular formula is C13H13F3N4OS. The number of nitrogens with one attached hydrogen (secondary N) is 2. The predicted octanol–water partition coefficient (Wildman–Crippen LogP) is 3.00. The van der Waals surface area contributed by atoms with Crippen molar-refractivity contribution in [1.29, 1.82) is 0 Å². The van der Waals surface area contributed by atoms with Gasteiger partial charge in [-0.15, -0.1) is 16.9 Å². The van der Waals surface area contributed by atoms with Crippen LogP contribution in [0.15, 0.2) is 24.3 Å². The summed E-state index contributed by atoms with van der Waals surface area (Å²) >= 11 is 1.35. The van der Waals surface area contributed by atoms with Crippen molar-refractivity contribution in [3.05, 3.63) is 41.2 Å². The van der Waals surface area contributed by atoms with Gasteiger partial charge in [-0.3, -0.25) is 15.2 Å². The van der Waals surface area contributed by atoms with E-state index in [-0.39, 0.29) is 11.7 Å². The number of hydrogen-bond acceptors (Lipinski definition) is 4. The van der Waals surface area contributed by atoms with E-state index in [0.717, 1.165) is 11.1 Å². The first-order valence-corrected chi connectivity index (χ1v) is 7.43. The molecule has 0 bridgehead atoms. The van der Waals surface area contributed by atoms with Gasteiger partial charge in [-0.1, -0.05) is 29.8 Å². The third-order valence-electron chi connectivity index (χ3n) is 2.59. The number of anilines is 1. The molecule has 0 saturated heterocycles. The predicted molar refractivity (Wildman–Crippen MR) is 77.4 cm³/mol. The second-order valence-corrected chi connectivity index (χ2v) is 5.52. The van der Waals surface area contributed by atoms with E-state index in [2.05, 4.69) is 15.4 Å². The summed E-state index contributed by atoms with van der Waals surface area (Å²) in [6, 6.07) is 7.86. The highest BCUT2D eigenvalue weighted by atomic mass is 32.2. The van der Waals surface area contributed by atoms with Crippen LogP contribution in [0.5, 0.6) is 0 Å². The highest BCUT2D eigenvalue weighted by molar-refractivity contribution is 7.99. The van der Waals surface area contributed by atoms with Crippen LogP contribution < -0.4 is 5.32 Å². The summed E-state index contributed by atoms with van der Waals surface area (Å²) in [6.07, 6.45) is -4.62. The molecule has 118 valence electrons. The number of aryl methyl sites for hydroxylation is 1. The Morgan fingerprint density at radius 1 is 1.41 bits per heavy atom. The maximum absolute atomic E-state index is 12.3. The standard InChI is InChI=1S/C13H13F3N4OS/c1-8-3-2-4-9(5-8)6-22-7-10(21)17-12-18-11(19-20-12)13(14,15)16/h2-5H,6-7H2,1H3,(H2,17,18,19,20,21). The fraction of sp³-hybridized carbons (Fsp3) is 0.308. The number of alkyl halides is 3. The van der Waals surface area contributed by atoms with Gasteiger partial charge in [0.2, 0.25) is 17.7 Å². The molecule has 5 nitrogen and oxygen atoms in total. The molecule has 9 heteroatoms. The smallest absolute Gasteiger partial charge is 0.293 e. The molecule has 0 unspecified atom stereocenters. The van der Waals surface area contributed by atoms with Crippen molar-refractivity contribution in [2.24, 2.45) is 0 Å². The third-order valence-corrected chi connectivity index (χ3v) is 3.59. The Balaban J connectivity index is 1.80. The Bertz CT molecular complexity index is 657. The summed E-state index contributed by atoms with van der Waals surface area (Å²) in [5, 5.41) is 7.25. The number of H-pyrrole nitrogens is 1. The molecule has 0 fully saturated rings. The van der Waals surface area contributed by atoms with Crippen molar-refractivity contribution < 1.29 is 18.0 Å². The number of nitrogens with zero attached hydrogens (tertiary/aromatic N) is 2. The first kappa shape index (κ1) is 16.3. The summed E-state index contributed by atoms with van der Waals surface area (Å²) < 4.78 is 36.9. The Morgan fingerprint density at radius 3 is 2.82 bits per heavy atom. The molecule has 2 N–H and O–H groups in total. The largest absolute Gasteiger partial charge is 0.451 e. The van der Waals surface area contributed by atoms with Crippen LogP contribution in [0.2, 0.25) is 0 Å². The van der Waals surface area contributed by atoms with Gasteiger partial charge in [0, 0.05) is 5.75 Å². The molecule has 1 amide bonds. The van der Waals surface area contributed by atoms with Crippen molar-refractivity contribution in [2.75, 3.05) is 11.1 Å². The molecule has 22 heavy (non-hydrogen) atoms. The monoisotopic (exact) mass is 330 g/mol. The van der Waals surface area contributed by atoms with Crippen molar-refractivity contribution in [1.82, 2.24) is 15.2 Å². The van der Waals surface area contributed by atoms with Crippen LogP contribution in [0.1, 0.15) is 17.0 Å². The number of aromatic amines is 1. The first-order valence-electron chi connectivity index (χ1n) is 6.27. The molecule has 2 rings (SSSR count). The lowest BCUT2D eigenvalue weighted by Crippen LogP contribution is -2.15. The number of carbonyl (C=O) groups excluding carboxylic acids is 1. The normalized spacial score (nSPS) is 11.5. The van der Waals surface area contributed by atoms with E-state index in [4.69, 9.17) is 0 Å². The van der Waals surface area contributed by atoms with Crippen LogP contribution >= 0.6 is 11.8 Å². The first-order chi connectivity index (χ1) is 10.3. The van der Waals surface area contributed by atoms with Crippen LogP contribution in [0, 0.1) is 6.92 Å². The minimum atomic E-state index is -4.62. The molecule has 0 aliphatic rings. The Morgan fingerprint density at radius 2 is 2.18 bits per heavy atom. The molecule has 0 spiro atoms. The molecule has 1 aromatic heterocycles. The van der Waals surface area contributed by atoms with Crippen LogP contribution in [0.3, 0.4) is 0 Å². The molecule has 0 atom stereocenters. The van der Waals surface area contributed by atoms with Crippen LogP contribution in [0.25, 0.3) is 0 Å². The van der Waals surface area contributed by atoms with Gasteiger partial charge < -0.3 is 0 Å². The van der Waals surface area contributed by atoms with Gasteiger partial charge in [0.05, 0.1) is 5.75 Å². The molecule has 1 aromatic carbocycles. The number of aromatic nitrogens is 3. The van der Waals surface area contributed by atoms with Gasteiger partial charge in [0.1, 0.15) is 0 Å². The van der Waals surface area contributed by atoms with Crippen LogP contribution in [0.4, 0.5) is 19.1 Å². The van der Waals surface area contributed by atoms with Crippen molar-refractivity contribution >= 4 is 23.6 Å². The maximum atomic E-state index is 12.3. The van der Waals surface area contributed by atoms with E-state index in [1.54, 1.807) is 5.10 Å². The van der Waals surface area contributed by atoms with E-state index in [0.29, 0.717) is 5.75 Å². The minimum Gasteiger partial charge on any atom is -0.293 e. The van der Waals surface area contributed by atoms with Gasteiger partial charge in [-0.05, 0) is 12.5 Å². The molecule has 0 saturated carbocycles. The van der Waals surface area contributed by atoms with Gasteiger partial charge in [-0.2, -0.15) is 18.2 Å². The van der Waals surface area contributed by atoms with E-state index >= 15 is 0 Å². The van der Waals surface area contributed by atoms with Gasteiger partial charge in [-0.25, -0.2) is 0 Å². The summed E-state index contributed by atoms with van der Waals surface area (Å²) in [7, 11) is 0. The van der Waals surface area contributed by atoms with E-state index < -0.39 is 17.9 Å². The number of carbonyl (C=O) groups is 1. The molecule has 0 aliphatic heterocycles. The average Bonchev–Trinajstić information content (AvgIpc) is 2.87. The van der Waals surface area contributed by atoms with Crippen molar-refractivity contribution in [3.63, 3.8) is 0 Å². The van der Waals surface area contributed by atoms with Crippen LogP contribution in [-0.2, 0) is 16.7 Å². The maximum Gasteiger partial charge on any atom is 0.451 e. The zero-order chi connectivity index (χ0) is 16.2. The van der Waals surface area contributed by atoms with E-state index in [1.807, 2.05) is 31.2 Å². The van der Waals surface area contributed by atoms with Crippen molar-refractivity contribution in [2.45, 2.75) is 18.9 Å². The van der Waals surface area contributed by atoms with Crippen molar-refractivity contribution in [3.8, 4) is 0 Å². The molecule has 1 heterocycles. The summed E-state index contributed by atoms with van der Waals surface area (Å²) in [5.41, 5.74) is 2.21. The number of rotatable bonds is 5. The molecule has 0 aliphatic carbocycles. The van der Waals surface area contributed by atoms with Gasteiger partial charge in [0.15, 0.2) is 0 Å². The fourth-order valence-corrected chi connectivity index (χ4v) is 2.44. The summed E-state index contributed by atoms with van der Waals surface area (Å²) in [5.74, 6) is -1.34. The highest BCUT2D eigenvalue weighted by Gasteiger charge is 2.35. The number of benzene rings is 1. The Kier molecular flexibility index (Phi) is 5.07. The zero-order valence-electron chi connectivity index (χ0n) is 11.6. The topological polar surface area (TPSA) is 70.7 Å². The van der Waals surface area contributed by atoms with Gasteiger partial charge in [0.25, 0.3) is 0 Å². The lowest BCUT2D eigenvalue weighted by atomic mass is 10.2. The molecule has 0 radical (unpaired) electrons. The van der Waals surface area contributed by atoms with E-state index in [1.165, 1.54) is 11.8 Å². The van der Waals surface area contributed by atoms with Crippen LogP contribution in [-0.4, -0.2) is 26.8 Å². The Labute approximate surface area is 128 Å². The molecular weight excluding hydrogens is 317 g/mol. The fourth-order valence-electron chi connectivity index (χ4n) is 1.67. The minimum absolute atomic E-state index is 0.101. The number of amides is 1. The zero-order valence-corrected chi connectivity index (χ0v) is 12.4. The lowest BCUT2D eigenvalue weighted by molar-refractivity contribution is -0.144. The second-order valence-electron chi connectivity index (χ2n) is 4.54. The summed E-state index contributed by atoms with van der Waals surface area (Å²) in [6.45, 7) is 1.97. The number of hydrogen-bond donors (Lipinski definition) is 2. The quantitative estimate of drug-likeness (QED) is 0.884.